The molecular weight excluding hydrogens is 334 g/mol. The molecule has 1 saturated heterocycles. The van der Waals surface area contributed by atoms with Crippen LogP contribution in [0, 0.1) is 11.3 Å². The molecule has 0 bridgehead atoms. The van der Waals surface area contributed by atoms with E-state index in [2.05, 4.69) is 75.7 Å². The van der Waals surface area contributed by atoms with Gasteiger partial charge in [0.1, 0.15) is 11.7 Å². The maximum absolute atomic E-state index is 9.65. The highest BCUT2D eigenvalue weighted by molar-refractivity contribution is 5.95. The minimum atomic E-state index is -0.245. The average molecular weight is 359 g/mol. The zero-order valence-electron chi connectivity index (χ0n) is 15.7. The molecule has 2 aromatic heterocycles. The molecule has 0 spiro atoms. The van der Waals surface area contributed by atoms with Crippen LogP contribution in [-0.4, -0.2) is 34.6 Å². The Bertz CT molecular complexity index is 939. The number of rotatable bonds is 4. The molecule has 0 radical (unpaired) electrons. The van der Waals surface area contributed by atoms with Crippen LogP contribution in [0.25, 0.3) is 11.0 Å². The van der Waals surface area contributed by atoms with Crippen molar-refractivity contribution in [2.24, 2.45) is 0 Å². The molecule has 1 aliphatic heterocycles. The number of piperidine rings is 1. The van der Waals surface area contributed by atoms with E-state index in [9.17, 15) is 5.26 Å². The van der Waals surface area contributed by atoms with E-state index in [-0.39, 0.29) is 5.54 Å². The predicted octanol–water partition coefficient (Wildman–Crippen LogP) is 3.82. The number of nitriles is 1. The molecular formula is C22H25N5. The maximum Gasteiger partial charge on any atom is 0.140 e. The van der Waals surface area contributed by atoms with Crippen LogP contribution in [-0.2, 0) is 0 Å². The lowest BCUT2D eigenvalue weighted by atomic mass is 9.85. The highest BCUT2D eigenvalue weighted by Crippen LogP contribution is 2.39. The molecule has 138 valence electrons. The topological polar surface area (TPSA) is 67.7 Å². The Labute approximate surface area is 160 Å². The fraction of sp³-hybridized carbons (Fsp3) is 0.364. The van der Waals surface area contributed by atoms with E-state index >= 15 is 0 Å². The van der Waals surface area contributed by atoms with Crippen LogP contribution in [0.3, 0.4) is 0 Å². The van der Waals surface area contributed by atoms with Crippen molar-refractivity contribution in [1.82, 2.24) is 15.3 Å². The number of hydrogen-bond acceptors (Lipinski definition) is 4. The fourth-order valence-electron chi connectivity index (χ4n) is 4.44. The Hall–Kier alpha value is -2.84. The Balaban J connectivity index is 1.94. The van der Waals surface area contributed by atoms with Crippen molar-refractivity contribution in [2.75, 3.05) is 18.0 Å². The summed E-state index contributed by atoms with van der Waals surface area (Å²) in [6.45, 7) is 4.08. The molecule has 3 heterocycles. The van der Waals surface area contributed by atoms with Crippen LogP contribution >= 0.6 is 0 Å². The lowest BCUT2D eigenvalue weighted by molar-refractivity contribution is 0.390. The van der Waals surface area contributed by atoms with Crippen molar-refractivity contribution in [3.8, 4) is 6.07 Å². The summed E-state index contributed by atoms with van der Waals surface area (Å²) in [4.78, 5) is 10.1. The lowest BCUT2D eigenvalue weighted by Crippen LogP contribution is -2.56. The van der Waals surface area contributed by atoms with Crippen LogP contribution in [0.4, 0.5) is 5.69 Å². The molecule has 2 atom stereocenters. The van der Waals surface area contributed by atoms with Gasteiger partial charge in [0.25, 0.3) is 0 Å². The molecule has 1 unspecified atom stereocenters. The van der Waals surface area contributed by atoms with E-state index in [4.69, 9.17) is 0 Å². The number of aromatic nitrogens is 2. The zero-order valence-corrected chi connectivity index (χ0v) is 15.7. The van der Waals surface area contributed by atoms with Gasteiger partial charge < -0.3 is 15.2 Å². The highest BCUT2D eigenvalue weighted by Gasteiger charge is 2.38. The highest BCUT2D eigenvalue weighted by atomic mass is 15.2. The maximum atomic E-state index is 9.65. The number of allylic oxidation sites excluding steroid dienone is 3. The van der Waals surface area contributed by atoms with Crippen LogP contribution in [0.1, 0.15) is 31.7 Å². The Morgan fingerprint density at radius 1 is 1.41 bits per heavy atom. The quantitative estimate of drug-likeness (QED) is 0.814. The Morgan fingerprint density at radius 3 is 3.04 bits per heavy atom. The van der Waals surface area contributed by atoms with Crippen LogP contribution < -0.4 is 10.2 Å². The number of nitrogens with zero attached hydrogens (tertiary/aromatic N) is 3. The van der Waals surface area contributed by atoms with E-state index in [0.29, 0.717) is 11.6 Å². The van der Waals surface area contributed by atoms with Crippen LogP contribution in [0.15, 0.2) is 54.9 Å². The molecule has 5 nitrogen and oxygen atoms in total. The zero-order chi connectivity index (χ0) is 18.7. The van der Waals surface area contributed by atoms with Gasteiger partial charge in [0, 0.05) is 25.0 Å². The first-order valence-electron chi connectivity index (χ1n) is 9.63. The summed E-state index contributed by atoms with van der Waals surface area (Å²) in [6.07, 6.45) is 19.9. The molecule has 4 rings (SSSR count). The van der Waals surface area contributed by atoms with E-state index in [1.807, 2.05) is 6.20 Å². The van der Waals surface area contributed by atoms with Gasteiger partial charge in [0.05, 0.1) is 22.2 Å². The normalized spacial score (nSPS) is 25.1. The van der Waals surface area contributed by atoms with Crippen LogP contribution in [0.5, 0.6) is 0 Å². The first-order chi connectivity index (χ1) is 13.3. The number of anilines is 1. The third-order valence-electron chi connectivity index (χ3n) is 5.55. The molecule has 2 aromatic rings. The van der Waals surface area contributed by atoms with Crippen molar-refractivity contribution in [1.29, 1.82) is 5.26 Å². The number of hydrogen-bond donors (Lipinski definition) is 2. The molecule has 2 aliphatic rings. The SMILES string of the molecule is CC=CC1(N(c2ccnc3[nH]cc(C#N)c23)[C@@H]2CCCNC2)C=CC=CC1. The van der Waals surface area contributed by atoms with Gasteiger partial charge in [-0.25, -0.2) is 4.98 Å². The van der Waals surface area contributed by atoms with Crippen molar-refractivity contribution < 1.29 is 0 Å². The number of H-pyrrole nitrogens is 1. The van der Waals surface area contributed by atoms with Crippen molar-refractivity contribution in [2.45, 2.75) is 37.8 Å². The largest absolute Gasteiger partial charge is 0.354 e. The van der Waals surface area contributed by atoms with Crippen molar-refractivity contribution >= 4 is 16.7 Å². The van der Waals surface area contributed by atoms with Gasteiger partial charge in [-0.3, -0.25) is 0 Å². The van der Waals surface area contributed by atoms with Gasteiger partial charge in [0.2, 0.25) is 0 Å². The second-order valence-corrected chi connectivity index (χ2v) is 7.22. The third-order valence-corrected chi connectivity index (χ3v) is 5.55. The Kier molecular flexibility index (Phi) is 4.83. The first-order valence-corrected chi connectivity index (χ1v) is 9.63. The standard InChI is InChI=1S/C22H25N5/c1-2-9-22(10-4-3-5-11-22)27(18-7-6-12-24-16-18)19-8-13-25-21-20(19)17(14-23)15-26-21/h2-5,8-10,13,15,18,24H,6-7,11-12,16H2,1H3,(H,25,26)/t18-,22?/m1/s1. The van der Waals surface area contributed by atoms with E-state index in [1.54, 1.807) is 6.20 Å². The summed E-state index contributed by atoms with van der Waals surface area (Å²) in [5.41, 5.74) is 2.24. The van der Waals surface area contributed by atoms with Gasteiger partial charge in [-0.15, -0.1) is 0 Å². The average Bonchev–Trinajstić information content (AvgIpc) is 3.14. The molecule has 0 saturated carbocycles. The summed E-state index contributed by atoms with van der Waals surface area (Å²) in [6, 6.07) is 4.74. The predicted molar refractivity (Wildman–Crippen MR) is 110 cm³/mol. The smallest absolute Gasteiger partial charge is 0.140 e. The van der Waals surface area contributed by atoms with Crippen molar-refractivity contribution in [3.05, 3.63) is 60.5 Å². The second-order valence-electron chi connectivity index (χ2n) is 7.22. The number of fused-ring (bicyclic) bond motifs is 1. The molecule has 2 N–H and O–H groups in total. The van der Waals surface area contributed by atoms with Gasteiger partial charge in [-0.2, -0.15) is 5.26 Å². The van der Waals surface area contributed by atoms with E-state index in [1.165, 1.54) is 0 Å². The third kappa shape index (κ3) is 3.07. The number of pyridine rings is 1. The fourth-order valence-corrected chi connectivity index (χ4v) is 4.44. The van der Waals surface area contributed by atoms with E-state index in [0.717, 1.165) is 49.1 Å². The van der Waals surface area contributed by atoms with Gasteiger partial charge in [0.15, 0.2) is 0 Å². The first kappa shape index (κ1) is 17.6. The van der Waals surface area contributed by atoms with Crippen molar-refractivity contribution in [3.63, 3.8) is 0 Å². The van der Waals surface area contributed by atoms with E-state index < -0.39 is 0 Å². The van der Waals surface area contributed by atoms with Gasteiger partial charge in [-0.1, -0.05) is 36.5 Å². The summed E-state index contributed by atoms with van der Waals surface area (Å²) < 4.78 is 0. The van der Waals surface area contributed by atoms with Crippen LogP contribution in [0.2, 0.25) is 0 Å². The molecule has 1 aliphatic carbocycles. The number of aromatic amines is 1. The minimum absolute atomic E-state index is 0.245. The molecule has 1 fully saturated rings. The minimum Gasteiger partial charge on any atom is -0.354 e. The summed E-state index contributed by atoms with van der Waals surface area (Å²) in [5.74, 6) is 0. The monoisotopic (exact) mass is 359 g/mol. The second kappa shape index (κ2) is 7.42. The Morgan fingerprint density at radius 2 is 2.33 bits per heavy atom. The summed E-state index contributed by atoms with van der Waals surface area (Å²) in [7, 11) is 0. The molecule has 0 amide bonds. The lowest BCUT2D eigenvalue weighted by Gasteiger charge is -2.48. The van der Waals surface area contributed by atoms with Gasteiger partial charge >= 0.3 is 0 Å². The van der Waals surface area contributed by atoms with Gasteiger partial charge in [-0.05, 0) is 38.8 Å². The summed E-state index contributed by atoms with van der Waals surface area (Å²) in [5, 5.41) is 14.1. The summed E-state index contributed by atoms with van der Waals surface area (Å²) >= 11 is 0. The molecule has 0 aromatic carbocycles. The molecule has 5 heteroatoms. The number of nitrogens with one attached hydrogen (secondary N) is 2. The molecule has 27 heavy (non-hydrogen) atoms.